The summed E-state index contributed by atoms with van der Waals surface area (Å²) in [6, 6.07) is 18.0. The van der Waals surface area contributed by atoms with E-state index >= 15 is 0 Å². The van der Waals surface area contributed by atoms with Gasteiger partial charge >= 0.3 is 0 Å². The Hall–Kier alpha value is -3.44. The molecule has 1 amide bonds. The topological polar surface area (TPSA) is 57.6 Å². The SMILES string of the molecule is Cc1ccc(N2C(=O)C(=O)C(=C(O)c3ccc(Cl)cc3)[C@H]2c2ccccc2F)cc1. The van der Waals surface area contributed by atoms with Gasteiger partial charge in [-0.15, -0.1) is 0 Å². The fourth-order valence-electron chi connectivity index (χ4n) is 3.56. The third-order valence-corrected chi connectivity index (χ3v) is 5.33. The van der Waals surface area contributed by atoms with E-state index in [0.29, 0.717) is 16.3 Å². The number of Topliss-reactive ketones (excluding diaryl/α,β-unsaturated/α-hetero) is 1. The van der Waals surface area contributed by atoms with Gasteiger partial charge in [-0.2, -0.15) is 0 Å². The number of anilines is 1. The first-order valence-corrected chi connectivity index (χ1v) is 9.64. The number of aryl methyl sites for hydroxylation is 1. The summed E-state index contributed by atoms with van der Waals surface area (Å²) in [5.74, 6) is -2.67. The highest BCUT2D eigenvalue weighted by Crippen LogP contribution is 2.42. The maximum Gasteiger partial charge on any atom is 0.300 e. The largest absolute Gasteiger partial charge is 0.507 e. The van der Waals surface area contributed by atoms with Gasteiger partial charge < -0.3 is 5.11 Å². The molecule has 0 aliphatic carbocycles. The Bertz CT molecular complexity index is 1170. The molecule has 6 heteroatoms. The normalized spacial score (nSPS) is 18.1. The fraction of sp³-hybridized carbons (Fsp3) is 0.0833. The zero-order chi connectivity index (χ0) is 21.4. The van der Waals surface area contributed by atoms with Crippen molar-refractivity contribution in [1.82, 2.24) is 0 Å². The van der Waals surface area contributed by atoms with Crippen LogP contribution in [0.2, 0.25) is 5.02 Å². The number of rotatable bonds is 3. The zero-order valence-corrected chi connectivity index (χ0v) is 16.7. The molecule has 150 valence electrons. The number of amides is 1. The first kappa shape index (κ1) is 19.9. The molecule has 3 aromatic carbocycles. The lowest BCUT2D eigenvalue weighted by atomic mass is 9.94. The van der Waals surface area contributed by atoms with Crippen LogP contribution in [0.25, 0.3) is 5.76 Å². The molecule has 1 aliphatic heterocycles. The van der Waals surface area contributed by atoms with Gasteiger partial charge in [-0.05, 0) is 49.4 Å². The summed E-state index contributed by atoms with van der Waals surface area (Å²) in [5.41, 5.74) is 1.66. The van der Waals surface area contributed by atoms with E-state index in [-0.39, 0.29) is 16.9 Å². The van der Waals surface area contributed by atoms with Crippen LogP contribution in [0, 0.1) is 12.7 Å². The summed E-state index contributed by atoms with van der Waals surface area (Å²) in [5, 5.41) is 11.4. The van der Waals surface area contributed by atoms with Gasteiger partial charge in [-0.1, -0.05) is 47.5 Å². The summed E-state index contributed by atoms with van der Waals surface area (Å²) in [7, 11) is 0. The van der Waals surface area contributed by atoms with Crippen molar-refractivity contribution in [2.75, 3.05) is 4.90 Å². The Morgan fingerprint density at radius 1 is 0.967 bits per heavy atom. The number of hydrogen-bond donors (Lipinski definition) is 1. The molecule has 30 heavy (non-hydrogen) atoms. The molecule has 0 saturated carbocycles. The number of halogens is 2. The second kappa shape index (κ2) is 7.76. The molecule has 0 unspecified atom stereocenters. The van der Waals surface area contributed by atoms with E-state index in [1.807, 2.05) is 6.92 Å². The molecule has 4 nitrogen and oxygen atoms in total. The average molecular weight is 422 g/mol. The van der Waals surface area contributed by atoms with Crippen LogP contribution in [0.15, 0.2) is 78.4 Å². The molecule has 1 heterocycles. The smallest absolute Gasteiger partial charge is 0.300 e. The van der Waals surface area contributed by atoms with Crippen LogP contribution in [-0.4, -0.2) is 16.8 Å². The first-order chi connectivity index (χ1) is 14.4. The lowest BCUT2D eigenvalue weighted by molar-refractivity contribution is -0.132. The quantitative estimate of drug-likeness (QED) is 0.349. The molecular formula is C24H17ClFNO3. The van der Waals surface area contributed by atoms with Gasteiger partial charge in [0.05, 0.1) is 11.6 Å². The van der Waals surface area contributed by atoms with Gasteiger partial charge in [0.2, 0.25) is 0 Å². The number of carbonyl (C=O) groups is 2. The van der Waals surface area contributed by atoms with Crippen molar-refractivity contribution in [3.63, 3.8) is 0 Å². The maximum absolute atomic E-state index is 14.8. The van der Waals surface area contributed by atoms with Gasteiger partial charge in [0.25, 0.3) is 11.7 Å². The molecule has 3 aromatic rings. The Kier molecular flexibility index (Phi) is 5.14. The van der Waals surface area contributed by atoms with Crippen molar-refractivity contribution < 1.29 is 19.1 Å². The van der Waals surface area contributed by atoms with Crippen molar-refractivity contribution in [3.05, 3.63) is 106 Å². The van der Waals surface area contributed by atoms with E-state index in [4.69, 9.17) is 11.6 Å². The molecule has 1 saturated heterocycles. The number of nitrogens with zero attached hydrogens (tertiary/aromatic N) is 1. The number of carbonyl (C=O) groups excluding carboxylic acids is 2. The minimum absolute atomic E-state index is 0.118. The Balaban J connectivity index is 1.96. The predicted molar refractivity (Wildman–Crippen MR) is 114 cm³/mol. The van der Waals surface area contributed by atoms with Crippen LogP contribution in [0.5, 0.6) is 0 Å². The summed E-state index contributed by atoms with van der Waals surface area (Å²) in [4.78, 5) is 27.2. The van der Waals surface area contributed by atoms with Crippen LogP contribution in [0.3, 0.4) is 0 Å². The third kappa shape index (κ3) is 3.37. The second-order valence-electron chi connectivity index (χ2n) is 7.03. The predicted octanol–water partition coefficient (Wildman–Crippen LogP) is 5.41. The van der Waals surface area contributed by atoms with E-state index in [2.05, 4.69) is 0 Å². The molecular weight excluding hydrogens is 405 g/mol. The molecule has 0 radical (unpaired) electrons. The summed E-state index contributed by atoms with van der Waals surface area (Å²) >= 11 is 5.91. The van der Waals surface area contributed by atoms with Crippen LogP contribution in [-0.2, 0) is 9.59 Å². The van der Waals surface area contributed by atoms with Crippen molar-refractivity contribution >= 4 is 34.7 Å². The van der Waals surface area contributed by atoms with Crippen LogP contribution >= 0.6 is 11.6 Å². The zero-order valence-electron chi connectivity index (χ0n) is 16.0. The lowest BCUT2D eigenvalue weighted by Gasteiger charge is -2.25. The Labute approximate surface area is 177 Å². The number of aliphatic hydroxyl groups is 1. The molecule has 0 aromatic heterocycles. The fourth-order valence-corrected chi connectivity index (χ4v) is 3.68. The number of ketones is 1. The summed E-state index contributed by atoms with van der Waals surface area (Å²) < 4.78 is 14.8. The minimum Gasteiger partial charge on any atom is -0.507 e. The van der Waals surface area contributed by atoms with Crippen LogP contribution < -0.4 is 4.90 Å². The van der Waals surface area contributed by atoms with Crippen molar-refractivity contribution in [2.24, 2.45) is 0 Å². The number of benzene rings is 3. The highest BCUT2D eigenvalue weighted by molar-refractivity contribution is 6.51. The van der Waals surface area contributed by atoms with E-state index in [9.17, 15) is 19.1 Å². The van der Waals surface area contributed by atoms with E-state index in [0.717, 1.165) is 5.56 Å². The number of aliphatic hydroxyl groups excluding tert-OH is 1. The van der Waals surface area contributed by atoms with Crippen molar-refractivity contribution in [2.45, 2.75) is 13.0 Å². The monoisotopic (exact) mass is 421 g/mol. The third-order valence-electron chi connectivity index (χ3n) is 5.07. The van der Waals surface area contributed by atoms with Crippen LogP contribution in [0.4, 0.5) is 10.1 Å². The lowest BCUT2D eigenvalue weighted by Crippen LogP contribution is -2.29. The maximum atomic E-state index is 14.8. The molecule has 1 aliphatic rings. The van der Waals surface area contributed by atoms with Gasteiger partial charge in [-0.25, -0.2) is 4.39 Å². The summed E-state index contributed by atoms with van der Waals surface area (Å²) in [6.07, 6.45) is 0. The molecule has 1 atom stereocenters. The van der Waals surface area contributed by atoms with Crippen molar-refractivity contribution in [3.8, 4) is 0 Å². The molecule has 4 rings (SSSR count). The highest BCUT2D eigenvalue weighted by atomic mass is 35.5. The summed E-state index contributed by atoms with van der Waals surface area (Å²) in [6.45, 7) is 1.90. The molecule has 0 bridgehead atoms. The molecule has 0 spiro atoms. The van der Waals surface area contributed by atoms with E-state index < -0.39 is 23.5 Å². The molecule has 1 N–H and O–H groups in total. The number of hydrogen-bond acceptors (Lipinski definition) is 3. The van der Waals surface area contributed by atoms with Gasteiger partial charge in [0.15, 0.2) is 0 Å². The Morgan fingerprint density at radius 2 is 1.60 bits per heavy atom. The minimum atomic E-state index is -1.11. The van der Waals surface area contributed by atoms with Crippen LogP contribution in [0.1, 0.15) is 22.7 Å². The first-order valence-electron chi connectivity index (χ1n) is 9.26. The second-order valence-corrected chi connectivity index (χ2v) is 7.47. The van der Waals surface area contributed by atoms with Crippen molar-refractivity contribution in [1.29, 1.82) is 0 Å². The van der Waals surface area contributed by atoms with E-state index in [1.54, 1.807) is 42.5 Å². The van der Waals surface area contributed by atoms with Gasteiger partial charge in [0, 0.05) is 21.8 Å². The molecule has 1 fully saturated rings. The average Bonchev–Trinajstić information content (AvgIpc) is 3.00. The Morgan fingerprint density at radius 3 is 2.23 bits per heavy atom. The van der Waals surface area contributed by atoms with Gasteiger partial charge in [-0.3, -0.25) is 14.5 Å². The van der Waals surface area contributed by atoms with Gasteiger partial charge in [0.1, 0.15) is 11.6 Å². The highest BCUT2D eigenvalue weighted by Gasteiger charge is 2.47. The van der Waals surface area contributed by atoms with E-state index in [1.165, 1.54) is 35.2 Å². The standard InChI is InChI=1S/C24H17ClFNO3/c1-14-6-12-17(13-7-14)27-21(18-4-2-3-5-19(18)26)20(23(29)24(27)30)22(28)15-8-10-16(25)11-9-15/h2-13,21,28H,1H3/t21-/m1/s1.